The number of pyridine rings is 1. The number of aryl methyl sites for hydroxylation is 2. The van der Waals surface area contributed by atoms with E-state index >= 15 is 0 Å². The van der Waals surface area contributed by atoms with Gasteiger partial charge in [-0.1, -0.05) is 24.3 Å². The summed E-state index contributed by atoms with van der Waals surface area (Å²) in [5.74, 6) is 4.94. The Balaban J connectivity index is 1.62. The number of hydrogen-bond donors (Lipinski definition) is 2. The van der Waals surface area contributed by atoms with Crippen LogP contribution in [-0.2, 0) is 24.1 Å². The fourth-order valence-corrected chi connectivity index (χ4v) is 3.19. The van der Waals surface area contributed by atoms with Crippen LogP contribution in [0.15, 0.2) is 42.6 Å². The molecular formula is C19H24N4O. The largest absolute Gasteiger partial charge is 0.370 e. The van der Waals surface area contributed by atoms with E-state index in [1.165, 1.54) is 29.8 Å². The molecule has 1 aliphatic heterocycles. The van der Waals surface area contributed by atoms with E-state index in [1.807, 2.05) is 24.4 Å². The van der Waals surface area contributed by atoms with Crippen LogP contribution in [0.4, 0.5) is 5.69 Å². The highest BCUT2D eigenvalue weighted by atomic mass is 16.2. The molecule has 0 unspecified atom stereocenters. The number of hydrogen-bond acceptors (Lipinski definition) is 4. The minimum atomic E-state index is -0.175. The maximum Gasteiger partial charge on any atom is 0.238 e. The molecule has 126 valence electrons. The molecule has 24 heavy (non-hydrogen) atoms. The van der Waals surface area contributed by atoms with Crippen LogP contribution in [0.3, 0.4) is 0 Å². The first-order valence-corrected chi connectivity index (χ1v) is 8.52. The highest BCUT2D eigenvalue weighted by molar-refractivity contribution is 5.77. The van der Waals surface area contributed by atoms with Gasteiger partial charge in [-0.25, -0.2) is 5.84 Å². The molecule has 1 saturated heterocycles. The molecule has 3 N–H and O–H groups in total. The first kappa shape index (κ1) is 16.5. The van der Waals surface area contributed by atoms with Crippen molar-refractivity contribution < 1.29 is 4.79 Å². The van der Waals surface area contributed by atoms with Gasteiger partial charge in [0.25, 0.3) is 0 Å². The van der Waals surface area contributed by atoms with Crippen molar-refractivity contribution in [1.29, 1.82) is 0 Å². The molecule has 2 aromatic rings. The molecule has 1 aliphatic rings. The van der Waals surface area contributed by atoms with Gasteiger partial charge in [-0.05, 0) is 48.9 Å². The van der Waals surface area contributed by atoms with Crippen LogP contribution in [-0.4, -0.2) is 24.0 Å². The lowest BCUT2D eigenvalue weighted by Crippen LogP contribution is -2.31. The van der Waals surface area contributed by atoms with Crippen LogP contribution in [0.1, 0.15) is 29.7 Å². The Morgan fingerprint density at radius 1 is 1.08 bits per heavy atom. The van der Waals surface area contributed by atoms with Crippen LogP contribution in [0.2, 0.25) is 0 Å². The fraction of sp³-hybridized carbons (Fsp3) is 0.368. The van der Waals surface area contributed by atoms with Crippen LogP contribution >= 0.6 is 0 Å². The molecule has 5 heteroatoms. The number of amides is 1. The Hall–Kier alpha value is -2.40. The van der Waals surface area contributed by atoms with Crippen molar-refractivity contribution in [3.8, 4) is 0 Å². The number of carbonyl (C=O) groups is 1. The minimum Gasteiger partial charge on any atom is -0.370 e. The molecule has 0 spiro atoms. The normalized spacial score (nSPS) is 14.0. The molecule has 5 nitrogen and oxygen atoms in total. The van der Waals surface area contributed by atoms with Crippen molar-refractivity contribution in [2.45, 2.75) is 32.1 Å². The maximum atomic E-state index is 11.3. The summed E-state index contributed by atoms with van der Waals surface area (Å²) in [6.07, 6.45) is 6.61. The SMILES string of the molecule is NNC(=O)Cc1ccc(CCc2ncccc2N2CCCC2)cc1. The van der Waals surface area contributed by atoms with E-state index in [2.05, 4.69) is 33.5 Å². The summed E-state index contributed by atoms with van der Waals surface area (Å²) >= 11 is 0. The van der Waals surface area contributed by atoms with Gasteiger partial charge in [-0.15, -0.1) is 0 Å². The van der Waals surface area contributed by atoms with Crippen LogP contribution < -0.4 is 16.2 Å². The van der Waals surface area contributed by atoms with E-state index < -0.39 is 0 Å². The predicted molar refractivity (Wildman–Crippen MR) is 95.6 cm³/mol. The third-order valence-electron chi connectivity index (χ3n) is 4.51. The van der Waals surface area contributed by atoms with Gasteiger partial charge in [0, 0.05) is 19.3 Å². The molecule has 0 saturated carbocycles. The number of nitrogens with zero attached hydrogens (tertiary/aromatic N) is 2. The first-order valence-electron chi connectivity index (χ1n) is 8.52. The van der Waals surface area contributed by atoms with Crippen molar-refractivity contribution in [3.05, 3.63) is 59.4 Å². The Bertz CT molecular complexity index is 678. The average molecular weight is 324 g/mol. The Labute approximate surface area is 142 Å². The third kappa shape index (κ3) is 4.11. The van der Waals surface area contributed by atoms with Gasteiger partial charge < -0.3 is 4.90 Å². The molecule has 0 atom stereocenters. The Morgan fingerprint density at radius 3 is 2.50 bits per heavy atom. The van der Waals surface area contributed by atoms with E-state index in [0.717, 1.165) is 31.5 Å². The third-order valence-corrected chi connectivity index (χ3v) is 4.51. The van der Waals surface area contributed by atoms with E-state index in [0.29, 0.717) is 6.42 Å². The second-order valence-electron chi connectivity index (χ2n) is 6.22. The number of carbonyl (C=O) groups excluding carboxylic acids is 1. The standard InChI is InChI=1S/C19H24N4O/c20-22-19(24)14-16-7-5-15(6-8-16)9-10-17-18(4-3-11-21-17)23-12-1-2-13-23/h3-8,11H,1-2,9-10,12-14,20H2,(H,22,24). The van der Waals surface area contributed by atoms with E-state index in [1.54, 1.807) is 0 Å². The van der Waals surface area contributed by atoms with E-state index in [-0.39, 0.29) is 5.91 Å². The molecule has 0 aliphatic carbocycles. The second kappa shape index (κ2) is 7.93. The zero-order valence-electron chi connectivity index (χ0n) is 13.9. The van der Waals surface area contributed by atoms with Crippen molar-refractivity contribution in [1.82, 2.24) is 10.4 Å². The molecule has 0 bridgehead atoms. The highest BCUT2D eigenvalue weighted by Gasteiger charge is 2.16. The smallest absolute Gasteiger partial charge is 0.238 e. The number of hydrazine groups is 1. The lowest BCUT2D eigenvalue weighted by molar-refractivity contribution is -0.120. The molecule has 0 radical (unpaired) electrons. The van der Waals surface area contributed by atoms with E-state index in [4.69, 9.17) is 5.84 Å². The van der Waals surface area contributed by atoms with Crippen LogP contribution in [0.25, 0.3) is 0 Å². The number of rotatable bonds is 6. The highest BCUT2D eigenvalue weighted by Crippen LogP contribution is 2.24. The van der Waals surface area contributed by atoms with Crippen LogP contribution in [0.5, 0.6) is 0 Å². The summed E-state index contributed by atoms with van der Waals surface area (Å²) in [5, 5.41) is 0. The molecule has 1 amide bonds. The molecule has 1 aromatic heterocycles. The van der Waals surface area contributed by atoms with Crippen LogP contribution in [0, 0.1) is 0 Å². The maximum absolute atomic E-state index is 11.3. The van der Waals surface area contributed by atoms with Gasteiger partial charge >= 0.3 is 0 Å². The molecular weight excluding hydrogens is 300 g/mol. The summed E-state index contributed by atoms with van der Waals surface area (Å²) in [7, 11) is 0. The molecule has 2 heterocycles. The fourth-order valence-electron chi connectivity index (χ4n) is 3.19. The Morgan fingerprint density at radius 2 is 1.79 bits per heavy atom. The van der Waals surface area contributed by atoms with Crippen molar-refractivity contribution in [2.75, 3.05) is 18.0 Å². The van der Waals surface area contributed by atoms with Gasteiger partial charge in [0.15, 0.2) is 0 Å². The van der Waals surface area contributed by atoms with Crippen molar-refractivity contribution in [2.24, 2.45) is 5.84 Å². The molecule has 1 aromatic carbocycles. The molecule has 3 rings (SSSR count). The van der Waals surface area contributed by atoms with Gasteiger partial charge in [0.1, 0.15) is 0 Å². The van der Waals surface area contributed by atoms with Gasteiger partial charge in [0.05, 0.1) is 17.8 Å². The summed E-state index contributed by atoms with van der Waals surface area (Å²) in [6.45, 7) is 2.27. The zero-order valence-corrected chi connectivity index (χ0v) is 13.9. The lowest BCUT2D eigenvalue weighted by atomic mass is 10.0. The number of nitrogens with one attached hydrogen (secondary N) is 1. The van der Waals surface area contributed by atoms with Gasteiger partial charge in [0.2, 0.25) is 5.91 Å². The lowest BCUT2D eigenvalue weighted by Gasteiger charge is -2.20. The summed E-state index contributed by atoms with van der Waals surface area (Å²) < 4.78 is 0. The summed E-state index contributed by atoms with van der Waals surface area (Å²) in [5.41, 5.74) is 6.84. The quantitative estimate of drug-likeness (QED) is 0.484. The Kier molecular flexibility index (Phi) is 5.43. The average Bonchev–Trinajstić information content (AvgIpc) is 3.16. The number of anilines is 1. The molecule has 1 fully saturated rings. The van der Waals surface area contributed by atoms with Crippen molar-refractivity contribution >= 4 is 11.6 Å². The van der Waals surface area contributed by atoms with Crippen molar-refractivity contribution in [3.63, 3.8) is 0 Å². The summed E-state index contributed by atoms with van der Waals surface area (Å²) in [6, 6.07) is 12.3. The monoisotopic (exact) mass is 324 g/mol. The number of benzene rings is 1. The van der Waals surface area contributed by atoms with E-state index in [9.17, 15) is 4.79 Å². The van der Waals surface area contributed by atoms with Gasteiger partial charge in [-0.2, -0.15) is 0 Å². The predicted octanol–water partition coefficient (Wildman–Crippen LogP) is 2.00. The zero-order chi connectivity index (χ0) is 16.8. The first-order chi connectivity index (χ1) is 11.8. The second-order valence-corrected chi connectivity index (χ2v) is 6.22. The minimum absolute atomic E-state index is 0.175. The topological polar surface area (TPSA) is 71.2 Å². The summed E-state index contributed by atoms with van der Waals surface area (Å²) in [4.78, 5) is 18.3. The van der Waals surface area contributed by atoms with Gasteiger partial charge in [-0.3, -0.25) is 15.2 Å². The number of aromatic nitrogens is 1. The number of nitrogens with two attached hydrogens (primary N) is 1.